The minimum Gasteiger partial charge on any atom is -0.483 e. The van der Waals surface area contributed by atoms with Crippen LogP contribution in [0.4, 0.5) is 0 Å². The van der Waals surface area contributed by atoms with Gasteiger partial charge in [0.1, 0.15) is 5.75 Å². The van der Waals surface area contributed by atoms with Gasteiger partial charge in [-0.15, -0.1) is 0 Å². The summed E-state index contributed by atoms with van der Waals surface area (Å²) in [6.07, 6.45) is 2.98. The van der Waals surface area contributed by atoms with Crippen molar-refractivity contribution in [3.8, 4) is 5.75 Å². The van der Waals surface area contributed by atoms with Gasteiger partial charge >= 0.3 is 11.8 Å². The summed E-state index contributed by atoms with van der Waals surface area (Å²) in [7, 11) is 0. The molecular weight excluding hydrogens is 420 g/mol. The van der Waals surface area contributed by atoms with Crippen LogP contribution in [0.1, 0.15) is 30.9 Å². The van der Waals surface area contributed by atoms with Crippen LogP contribution in [0.15, 0.2) is 53.6 Å². The van der Waals surface area contributed by atoms with Gasteiger partial charge < -0.3 is 15.4 Å². The van der Waals surface area contributed by atoms with Gasteiger partial charge in [-0.05, 0) is 30.2 Å². The average molecular weight is 445 g/mol. The minimum atomic E-state index is -0.878. The quantitative estimate of drug-likeness (QED) is 0.226. The summed E-state index contributed by atoms with van der Waals surface area (Å²) in [6.45, 7) is 2.59. The Morgan fingerprint density at radius 1 is 1.06 bits per heavy atom. The molecule has 0 aliphatic heterocycles. The van der Waals surface area contributed by atoms with Crippen LogP contribution in [-0.2, 0) is 20.9 Å². The van der Waals surface area contributed by atoms with Crippen LogP contribution in [0.3, 0.4) is 0 Å². The molecule has 0 saturated carbocycles. The lowest BCUT2D eigenvalue weighted by atomic mass is 10.2. The van der Waals surface area contributed by atoms with Crippen LogP contribution < -0.4 is 20.8 Å². The fraction of sp³-hybridized carbons (Fsp3) is 0.273. The van der Waals surface area contributed by atoms with Gasteiger partial charge in [-0.25, -0.2) is 5.43 Å². The first kappa shape index (κ1) is 23.9. The Morgan fingerprint density at radius 2 is 1.84 bits per heavy atom. The molecule has 0 atom stereocenters. The zero-order chi connectivity index (χ0) is 22.5. The lowest BCUT2D eigenvalue weighted by Gasteiger charge is -2.10. The molecule has 2 aromatic carbocycles. The number of nitrogens with one attached hydrogen (secondary N) is 3. The van der Waals surface area contributed by atoms with Crippen molar-refractivity contribution >= 4 is 35.5 Å². The van der Waals surface area contributed by atoms with Crippen LogP contribution in [-0.4, -0.2) is 37.1 Å². The number of hydrazone groups is 1. The second-order valence-electron chi connectivity index (χ2n) is 6.54. The summed E-state index contributed by atoms with van der Waals surface area (Å²) in [5, 5.41) is 9.45. The van der Waals surface area contributed by atoms with Crippen molar-refractivity contribution in [1.82, 2.24) is 16.1 Å². The fourth-order valence-electron chi connectivity index (χ4n) is 2.41. The zero-order valence-corrected chi connectivity index (χ0v) is 17.9. The second-order valence-corrected chi connectivity index (χ2v) is 6.98. The van der Waals surface area contributed by atoms with E-state index in [1.165, 1.54) is 6.21 Å². The van der Waals surface area contributed by atoms with Gasteiger partial charge in [0.2, 0.25) is 0 Å². The fourth-order valence-corrected chi connectivity index (χ4v) is 2.59. The Hall–Kier alpha value is -3.39. The van der Waals surface area contributed by atoms with Crippen LogP contribution in [0.5, 0.6) is 5.75 Å². The Balaban J connectivity index is 1.88. The monoisotopic (exact) mass is 444 g/mol. The summed E-state index contributed by atoms with van der Waals surface area (Å²) in [6, 6.07) is 14.3. The summed E-state index contributed by atoms with van der Waals surface area (Å²) in [5.74, 6) is -1.58. The lowest BCUT2D eigenvalue weighted by Crippen LogP contribution is -2.38. The van der Waals surface area contributed by atoms with E-state index in [9.17, 15) is 14.4 Å². The maximum absolute atomic E-state index is 12.1. The standard InChI is InChI=1S/C22H25ClN4O4/c1-2-3-11-24-21(29)22(30)27-26-14-17-12-18(23)9-10-19(17)31-15-20(28)25-13-16-7-5-4-6-8-16/h4-10,12,14H,2-3,11,13,15H2,1H3,(H,24,29)(H,25,28)(H,27,30)/b26-14-. The van der Waals surface area contributed by atoms with E-state index in [0.29, 0.717) is 29.4 Å². The molecule has 2 rings (SSSR count). The summed E-state index contributed by atoms with van der Waals surface area (Å²) in [4.78, 5) is 35.4. The van der Waals surface area contributed by atoms with Crippen LogP contribution >= 0.6 is 11.6 Å². The second kappa shape index (κ2) is 13.0. The molecule has 9 heteroatoms. The molecule has 164 valence electrons. The van der Waals surface area contributed by atoms with Gasteiger partial charge in [-0.3, -0.25) is 14.4 Å². The largest absolute Gasteiger partial charge is 0.483 e. The van der Waals surface area contributed by atoms with Crippen LogP contribution in [0.25, 0.3) is 0 Å². The third kappa shape index (κ3) is 8.88. The number of unbranched alkanes of at least 4 members (excludes halogenated alkanes) is 1. The van der Waals surface area contributed by atoms with Gasteiger partial charge in [0.05, 0.1) is 6.21 Å². The number of hydrogen-bond acceptors (Lipinski definition) is 5. The SMILES string of the molecule is CCCCNC(=O)C(=O)N/N=C\c1cc(Cl)ccc1OCC(=O)NCc1ccccc1. The maximum Gasteiger partial charge on any atom is 0.329 e. The van der Waals surface area contributed by atoms with E-state index >= 15 is 0 Å². The summed E-state index contributed by atoms with van der Waals surface area (Å²) in [5.41, 5.74) is 3.56. The smallest absolute Gasteiger partial charge is 0.329 e. The maximum atomic E-state index is 12.1. The minimum absolute atomic E-state index is 0.207. The normalized spacial score (nSPS) is 10.5. The third-order valence-electron chi connectivity index (χ3n) is 4.05. The number of carbonyl (C=O) groups is 3. The van der Waals surface area contributed by atoms with Crippen molar-refractivity contribution < 1.29 is 19.1 Å². The third-order valence-corrected chi connectivity index (χ3v) is 4.29. The molecule has 3 amide bonds. The van der Waals surface area contributed by atoms with Gasteiger partial charge in [0, 0.05) is 23.7 Å². The Kier molecular flexibility index (Phi) is 10.0. The van der Waals surface area contributed by atoms with Crippen molar-refractivity contribution in [3.63, 3.8) is 0 Å². The van der Waals surface area contributed by atoms with E-state index in [1.807, 2.05) is 37.3 Å². The lowest BCUT2D eigenvalue weighted by molar-refractivity contribution is -0.139. The van der Waals surface area contributed by atoms with Crippen molar-refractivity contribution in [2.75, 3.05) is 13.2 Å². The molecule has 0 bridgehead atoms. The molecule has 0 aromatic heterocycles. The molecule has 0 radical (unpaired) electrons. The van der Waals surface area contributed by atoms with Crippen molar-refractivity contribution in [3.05, 3.63) is 64.7 Å². The predicted octanol–water partition coefficient (Wildman–Crippen LogP) is 2.40. The van der Waals surface area contributed by atoms with Gasteiger partial charge in [-0.1, -0.05) is 55.3 Å². The molecule has 0 spiro atoms. The number of carbonyl (C=O) groups excluding carboxylic acids is 3. The van der Waals surface area contributed by atoms with E-state index in [-0.39, 0.29) is 12.5 Å². The number of nitrogens with zero attached hydrogens (tertiary/aromatic N) is 1. The Bertz CT molecular complexity index is 919. The first-order valence-electron chi connectivity index (χ1n) is 9.83. The van der Waals surface area contributed by atoms with E-state index in [2.05, 4.69) is 21.2 Å². The number of benzene rings is 2. The number of ether oxygens (including phenoxy) is 1. The van der Waals surface area contributed by atoms with Gasteiger partial charge in [-0.2, -0.15) is 5.10 Å². The molecule has 0 aliphatic rings. The predicted molar refractivity (Wildman–Crippen MR) is 119 cm³/mol. The highest BCUT2D eigenvalue weighted by Crippen LogP contribution is 2.21. The average Bonchev–Trinajstić information content (AvgIpc) is 2.77. The van der Waals surface area contributed by atoms with Crippen molar-refractivity contribution in [2.24, 2.45) is 5.10 Å². The van der Waals surface area contributed by atoms with Crippen molar-refractivity contribution in [2.45, 2.75) is 26.3 Å². The topological polar surface area (TPSA) is 109 Å². The first-order valence-corrected chi connectivity index (χ1v) is 10.2. The molecule has 2 aromatic rings. The molecule has 31 heavy (non-hydrogen) atoms. The van der Waals surface area contributed by atoms with E-state index in [0.717, 1.165) is 18.4 Å². The Labute approximate surface area is 186 Å². The molecular formula is C22H25ClN4O4. The number of hydrogen-bond donors (Lipinski definition) is 3. The first-order chi connectivity index (χ1) is 15.0. The number of rotatable bonds is 10. The summed E-state index contributed by atoms with van der Waals surface area (Å²) >= 11 is 6.01. The molecule has 8 nitrogen and oxygen atoms in total. The van der Waals surface area contributed by atoms with E-state index in [4.69, 9.17) is 16.3 Å². The molecule has 0 heterocycles. The van der Waals surface area contributed by atoms with Gasteiger partial charge in [0.25, 0.3) is 5.91 Å². The molecule has 0 fully saturated rings. The molecule has 0 unspecified atom stereocenters. The highest BCUT2D eigenvalue weighted by molar-refractivity contribution is 6.35. The van der Waals surface area contributed by atoms with Crippen LogP contribution in [0, 0.1) is 0 Å². The molecule has 0 saturated heterocycles. The van der Waals surface area contributed by atoms with E-state index < -0.39 is 11.8 Å². The summed E-state index contributed by atoms with van der Waals surface area (Å²) < 4.78 is 5.56. The molecule has 0 aliphatic carbocycles. The highest BCUT2D eigenvalue weighted by atomic mass is 35.5. The van der Waals surface area contributed by atoms with Gasteiger partial charge in [0.15, 0.2) is 6.61 Å². The van der Waals surface area contributed by atoms with E-state index in [1.54, 1.807) is 18.2 Å². The number of amides is 3. The van der Waals surface area contributed by atoms with Crippen molar-refractivity contribution in [1.29, 1.82) is 0 Å². The number of halogens is 1. The highest BCUT2D eigenvalue weighted by Gasteiger charge is 2.12. The molecule has 3 N–H and O–H groups in total. The van der Waals surface area contributed by atoms with Crippen LogP contribution in [0.2, 0.25) is 5.02 Å². The Morgan fingerprint density at radius 3 is 2.58 bits per heavy atom. The zero-order valence-electron chi connectivity index (χ0n) is 17.2.